The lowest BCUT2D eigenvalue weighted by molar-refractivity contribution is 0.0943. The van der Waals surface area contributed by atoms with Gasteiger partial charge in [0.1, 0.15) is 6.04 Å². The molecule has 3 nitrogen and oxygen atoms in total. The van der Waals surface area contributed by atoms with Crippen molar-refractivity contribution in [2.24, 2.45) is 0 Å². The molecular formula is C9H14N2O. The van der Waals surface area contributed by atoms with Crippen molar-refractivity contribution in [2.45, 2.75) is 25.0 Å². The van der Waals surface area contributed by atoms with E-state index in [0.717, 1.165) is 19.4 Å². The van der Waals surface area contributed by atoms with Crippen molar-refractivity contribution in [1.82, 2.24) is 5.32 Å². The zero-order valence-electron chi connectivity index (χ0n) is 7.12. The summed E-state index contributed by atoms with van der Waals surface area (Å²) in [4.78, 5) is 0. The molecule has 66 valence electrons. The van der Waals surface area contributed by atoms with Crippen LogP contribution in [0, 0.1) is 11.3 Å². The molecule has 0 amide bonds. The molecule has 0 radical (unpaired) electrons. The van der Waals surface area contributed by atoms with Gasteiger partial charge in [-0.15, -0.1) is 6.58 Å². The third kappa shape index (κ3) is 2.33. The van der Waals surface area contributed by atoms with Crippen LogP contribution in [-0.4, -0.2) is 25.3 Å². The van der Waals surface area contributed by atoms with Gasteiger partial charge >= 0.3 is 0 Å². The van der Waals surface area contributed by atoms with E-state index in [2.05, 4.69) is 18.0 Å². The minimum atomic E-state index is -0.175. The molecule has 0 saturated carbocycles. The average molecular weight is 166 g/mol. The summed E-state index contributed by atoms with van der Waals surface area (Å²) in [6.07, 6.45) is 3.88. The summed E-state index contributed by atoms with van der Waals surface area (Å²) >= 11 is 0. The second kappa shape index (κ2) is 4.91. The molecule has 0 aromatic rings. The quantitative estimate of drug-likeness (QED) is 0.629. The summed E-state index contributed by atoms with van der Waals surface area (Å²) in [5.41, 5.74) is 0. The van der Waals surface area contributed by atoms with Gasteiger partial charge in [-0.3, -0.25) is 5.32 Å². The Bertz CT molecular complexity index is 179. The molecule has 12 heavy (non-hydrogen) atoms. The second-order valence-electron chi connectivity index (χ2n) is 2.86. The Morgan fingerprint density at radius 1 is 1.83 bits per heavy atom. The summed E-state index contributed by atoms with van der Waals surface area (Å²) < 4.78 is 5.38. The van der Waals surface area contributed by atoms with Crippen LogP contribution in [0.25, 0.3) is 0 Å². The molecule has 2 atom stereocenters. The zero-order chi connectivity index (χ0) is 8.81. The Morgan fingerprint density at radius 2 is 2.67 bits per heavy atom. The number of nitrogens with zero attached hydrogens (tertiary/aromatic N) is 1. The van der Waals surface area contributed by atoms with Crippen LogP contribution in [0.5, 0.6) is 0 Å². The van der Waals surface area contributed by atoms with Crippen LogP contribution >= 0.6 is 0 Å². The lowest BCUT2D eigenvalue weighted by Gasteiger charge is -2.16. The van der Waals surface area contributed by atoms with Gasteiger partial charge < -0.3 is 4.74 Å². The number of nitrogens with one attached hydrogen (secondary N) is 1. The molecule has 0 aliphatic carbocycles. The van der Waals surface area contributed by atoms with Crippen LogP contribution in [0.1, 0.15) is 12.8 Å². The van der Waals surface area contributed by atoms with Crippen molar-refractivity contribution in [3.05, 3.63) is 12.7 Å². The molecule has 0 aromatic heterocycles. The third-order valence-corrected chi connectivity index (χ3v) is 1.96. The van der Waals surface area contributed by atoms with Gasteiger partial charge in [0.2, 0.25) is 0 Å². The highest BCUT2D eigenvalue weighted by atomic mass is 16.5. The van der Waals surface area contributed by atoms with Gasteiger partial charge in [0.05, 0.1) is 12.2 Å². The van der Waals surface area contributed by atoms with Gasteiger partial charge in [-0.2, -0.15) is 5.26 Å². The van der Waals surface area contributed by atoms with Crippen molar-refractivity contribution in [1.29, 1.82) is 5.26 Å². The first kappa shape index (κ1) is 9.24. The fourth-order valence-electron chi connectivity index (χ4n) is 1.34. The number of hydrogen-bond donors (Lipinski definition) is 1. The van der Waals surface area contributed by atoms with Crippen molar-refractivity contribution in [2.75, 3.05) is 13.2 Å². The number of hydrogen-bond acceptors (Lipinski definition) is 3. The van der Waals surface area contributed by atoms with Gasteiger partial charge in [-0.05, 0) is 12.8 Å². The number of rotatable bonds is 4. The van der Waals surface area contributed by atoms with Gasteiger partial charge in [0.25, 0.3) is 0 Å². The van der Waals surface area contributed by atoms with Crippen molar-refractivity contribution >= 4 is 0 Å². The van der Waals surface area contributed by atoms with Gasteiger partial charge in [-0.25, -0.2) is 0 Å². The third-order valence-electron chi connectivity index (χ3n) is 1.96. The maximum atomic E-state index is 8.79. The van der Waals surface area contributed by atoms with Crippen molar-refractivity contribution < 1.29 is 4.74 Å². The Labute approximate surface area is 73.0 Å². The van der Waals surface area contributed by atoms with Crippen LogP contribution in [0.4, 0.5) is 0 Å². The molecule has 3 heteroatoms. The summed E-state index contributed by atoms with van der Waals surface area (Å²) in [5.74, 6) is 0. The van der Waals surface area contributed by atoms with Crippen LogP contribution in [-0.2, 0) is 4.74 Å². The predicted octanol–water partition coefficient (Wildman–Crippen LogP) is 0.833. The summed E-state index contributed by atoms with van der Waals surface area (Å²) in [5, 5.41) is 11.8. The monoisotopic (exact) mass is 166 g/mol. The number of nitriles is 1. The molecule has 0 bridgehead atoms. The molecule has 1 fully saturated rings. The van der Waals surface area contributed by atoms with E-state index in [1.807, 2.05) is 0 Å². The first-order valence-electron chi connectivity index (χ1n) is 4.24. The molecule has 0 spiro atoms. The molecule has 1 aliphatic rings. The Kier molecular flexibility index (Phi) is 3.78. The van der Waals surface area contributed by atoms with Crippen molar-refractivity contribution in [3.8, 4) is 6.07 Å². The van der Waals surface area contributed by atoms with E-state index in [0.29, 0.717) is 6.54 Å². The SMILES string of the molecule is C=CCNC(C#N)C1CCCO1. The Morgan fingerprint density at radius 3 is 3.17 bits per heavy atom. The van der Waals surface area contributed by atoms with Gasteiger partial charge in [0, 0.05) is 13.2 Å². The average Bonchev–Trinajstić information content (AvgIpc) is 2.59. The largest absolute Gasteiger partial charge is 0.375 e. The van der Waals surface area contributed by atoms with Crippen LogP contribution in [0.15, 0.2) is 12.7 Å². The summed E-state index contributed by atoms with van der Waals surface area (Å²) in [6, 6.07) is 2.02. The molecule has 1 N–H and O–H groups in total. The normalized spacial score (nSPS) is 24.8. The Balaban J connectivity index is 2.33. The smallest absolute Gasteiger partial charge is 0.122 e. The van der Waals surface area contributed by atoms with E-state index in [-0.39, 0.29) is 12.1 Å². The minimum Gasteiger partial charge on any atom is -0.375 e. The predicted molar refractivity (Wildman–Crippen MR) is 46.6 cm³/mol. The first-order chi connectivity index (χ1) is 5.88. The second-order valence-corrected chi connectivity index (χ2v) is 2.86. The zero-order valence-corrected chi connectivity index (χ0v) is 7.12. The fourth-order valence-corrected chi connectivity index (χ4v) is 1.34. The summed E-state index contributed by atoms with van der Waals surface area (Å²) in [7, 11) is 0. The van der Waals surface area contributed by atoms with Crippen LogP contribution < -0.4 is 5.32 Å². The molecule has 1 rings (SSSR count). The topological polar surface area (TPSA) is 45.0 Å². The van der Waals surface area contributed by atoms with E-state index in [1.54, 1.807) is 6.08 Å². The van der Waals surface area contributed by atoms with E-state index >= 15 is 0 Å². The highest BCUT2D eigenvalue weighted by molar-refractivity contribution is 4.98. The van der Waals surface area contributed by atoms with E-state index in [1.165, 1.54) is 0 Å². The maximum absolute atomic E-state index is 8.79. The molecule has 2 unspecified atom stereocenters. The maximum Gasteiger partial charge on any atom is 0.122 e. The lowest BCUT2D eigenvalue weighted by Crippen LogP contribution is -2.38. The number of ether oxygens (including phenoxy) is 1. The molecule has 1 saturated heterocycles. The molecule has 1 aliphatic heterocycles. The fraction of sp³-hybridized carbons (Fsp3) is 0.667. The van der Waals surface area contributed by atoms with E-state index < -0.39 is 0 Å². The lowest BCUT2D eigenvalue weighted by atomic mass is 10.1. The molecule has 0 aromatic carbocycles. The van der Waals surface area contributed by atoms with Gasteiger partial charge in [-0.1, -0.05) is 6.08 Å². The van der Waals surface area contributed by atoms with Crippen molar-refractivity contribution in [3.63, 3.8) is 0 Å². The molecular weight excluding hydrogens is 152 g/mol. The standard InChI is InChI=1S/C9H14N2O/c1-2-5-11-8(7-10)9-4-3-6-12-9/h2,8-9,11H,1,3-6H2. The Hall–Kier alpha value is -0.850. The van der Waals surface area contributed by atoms with E-state index in [4.69, 9.17) is 10.00 Å². The van der Waals surface area contributed by atoms with Crippen LogP contribution in [0.3, 0.4) is 0 Å². The van der Waals surface area contributed by atoms with Gasteiger partial charge in [0.15, 0.2) is 0 Å². The van der Waals surface area contributed by atoms with Crippen LogP contribution in [0.2, 0.25) is 0 Å². The first-order valence-corrected chi connectivity index (χ1v) is 4.24. The van der Waals surface area contributed by atoms with E-state index in [9.17, 15) is 0 Å². The minimum absolute atomic E-state index is 0.0787. The summed E-state index contributed by atoms with van der Waals surface area (Å²) in [6.45, 7) is 5.04. The highest BCUT2D eigenvalue weighted by Crippen LogP contribution is 2.14. The molecule has 1 heterocycles. The highest BCUT2D eigenvalue weighted by Gasteiger charge is 2.24.